The molecular formula is C17H18Cl2N2O4S. The van der Waals surface area contributed by atoms with Crippen molar-refractivity contribution in [1.82, 2.24) is 10.0 Å². The zero-order valence-corrected chi connectivity index (χ0v) is 16.3. The van der Waals surface area contributed by atoms with Crippen LogP contribution in [-0.2, 0) is 21.2 Å². The standard InChI is InChI=1S/C17H18Cl2N2O4S/c1-25-13-3-5-14(6-4-13)26(23,24)21-9-8-20-17(22)11-12-2-7-15(18)16(19)10-12/h2-7,10,21H,8-9,11H2,1H3,(H,20,22). The fraction of sp³-hybridized carbons (Fsp3) is 0.235. The maximum atomic E-state index is 12.1. The molecular weight excluding hydrogens is 399 g/mol. The van der Waals surface area contributed by atoms with E-state index in [0.717, 1.165) is 5.56 Å². The Kier molecular flexibility index (Phi) is 7.28. The van der Waals surface area contributed by atoms with E-state index in [2.05, 4.69) is 10.0 Å². The molecule has 0 aliphatic heterocycles. The Labute approximate surface area is 162 Å². The highest BCUT2D eigenvalue weighted by atomic mass is 35.5. The Hall–Kier alpha value is -1.80. The highest BCUT2D eigenvalue weighted by Crippen LogP contribution is 2.22. The van der Waals surface area contributed by atoms with Crippen LogP contribution in [0.25, 0.3) is 0 Å². The first-order valence-corrected chi connectivity index (χ1v) is 9.90. The van der Waals surface area contributed by atoms with Gasteiger partial charge in [0.2, 0.25) is 15.9 Å². The van der Waals surface area contributed by atoms with E-state index >= 15 is 0 Å². The van der Waals surface area contributed by atoms with Gasteiger partial charge in [0, 0.05) is 13.1 Å². The Morgan fingerprint density at radius 1 is 1.04 bits per heavy atom. The first-order valence-electron chi connectivity index (χ1n) is 7.66. The highest BCUT2D eigenvalue weighted by Gasteiger charge is 2.13. The van der Waals surface area contributed by atoms with Crippen LogP contribution >= 0.6 is 23.2 Å². The van der Waals surface area contributed by atoms with E-state index in [0.29, 0.717) is 15.8 Å². The lowest BCUT2D eigenvalue weighted by Crippen LogP contribution is -2.35. The number of halogens is 2. The number of amides is 1. The number of methoxy groups -OCH3 is 1. The van der Waals surface area contributed by atoms with Gasteiger partial charge in [-0.05, 0) is 42.0 Å². The van der Waals surface area contributed by atoms with Crippen LogP contribution in [-0.4, -0.2) is 34.5 Å². The molecule has 140 valence electrons. The van der Waals surface area contributed by atoms with E-state index in [4.69, 9.17) is 27.9 Å². The molecule has 0 bridgehead atoms. The van der Waals surface area contributed by atoms with E-state index in [1.807, 2.05) is 0 Å². The van der Waals surface area contributed by atoms with Crippen LogP contribution in [0.4, 0.5) is 0 Å². The second-order valence-electron chi connectivity index (χ2n) is 5.35. The first-order chi connectivity index (χ1) is 12.3. The first kappa shape index (κ1) is 20.5. The quantitative estimate of drug-likeness (QED) is 0.647. The van der Waals surface area contributed by atoms with Gasteiger partial charge in [-0.2, -0.15) is 0 Å². The van der Waals surface area contributed by atoms with Gasteiger partial charge in [0.25, 0.3) is 0 Å². The summed E-state index contributed by atoms with van der Waals surface area (Å²) in [6, 6.07) is 11.0. The normalized spacial score (nSPS) is 11.2. The van der Waals surface area contributed by atoms with E-state index in [1.54, 1.807) is 30.3 Å². The minimum absolute atomic E-state index is 0.0709. The summed E-state index contributed by atoms with van der Waals surface area (Å²) in [6.07, 6.45) is 0.127. The summed E-state index contributed by atoms with van der Waals surface area (Å²) in [6.45, 7) is 0.233. The zero-order chi connectivity index (χ0) is 19.2. The minimum Gasteiger partial charge on any atom is -0.497 e. The largest absolute Gasteiger partial charge is 0.497 e. The molecule has 0 aliphatic carbocycles. The van der Waals surface area contributed by atoms with Crippen molar-refractivity contribution in [3.63, 3.8) is 0 Å². The molecule has 0 spiro atoms. The molecule has 26 heavy (non-hydrogen) atoms. The summed E-state index contributed by atoms with van der Waals surface area (Å²) < 4.78 is 31.7. The van der Waals surface area contributed by atoms with Crippen LogP contribution in [0.1, 0.15) is 5.56 Å². The molecule has 0 saturated carbocycles. The average molecular weight is 417 g/mol. The number of carbonyl (C=O) groups excluding carboxylic acids is 1. The molecule has 2 aromatic rings. The highest BCUT2D eigenvalue weighted by molar-refractivity contribution is 7.89. The van der Waals surface area contributed by atoms with Crippen molar-refractivity contribution in [1.29, 1.82) is 0 Å². The summed E-state index contributed by atoms with van der Waals surface area (Å²) in [5.74, 6) is 0.325. The monoisotopic (exact) mass is 416 g/mol. The third-order valence-electron chi connectivity index (χ3n) is 3.46. The van der Waals surface area contributed by atoms with E-state index in [-0.39, 0.29) is 30.3 Å². The Bertz CT molecular complexity index is 871. The van der Waals surface area contributed by atoms with E-state index < -0.39 is 10.0 Å². The van der Waals surface area contributed by atoms with Crippen LogP contribution in [0.2, 0.25) is 10.0 Å². The van der Waals surface area contributed by atoms with Gasteiger partial charge >= 0.3 is 0 Å². The van der Waals surface area contributed by atoms with Crippen LogP contribution < -0.4 is 14.8 Å². The van der Waals surface area contributed by atoms with Gasteiger partial charge in [-0.3, -0.25) is 4.79 Å². The maximum absolute atomic E-state index is 12.1. The second kappa shape index (κ2) is 9.23. The van der Waals surface area contributed by atoms with Gasteiger partial charge in [0.15, 0.2) is 0 Å². The van der Waals surface area contributed by atoms with Crippen molar-refractivity contribution in [3.05, 3.63) is 58.1 Å². The van der Waals surface area contributed by atoms with Gasteiger partial charge in [0.1, 0.15) is 5.75 Å². The zero-order valence-electron chi connectivity index (χ0n) is 14.0. The third-order valence-corrected chi connectivity index (χ3v) is 5.67. The molecule has 2 aromatic carbocycles. The number of sulfonamides is 1. The van der Waals surface area contributed by atoms with Gasteiger partial charge in [-0.1, -0.05) is 29.3 Å². The lowest BCUT2D eigenvalue weighted by atomic mass is 10.1. The average Bonchev–Trinajstić information content (AvgIpc) is 2.62. The maximum Gasteiger partial charge on any atom is 0.240 e. The third kappa shape index (κ3) is 5.88. The second-order valence-corrected chi connectivity index (χ2v) is 7.93. The van der Waals surface area contributed by atoms with Crippen LogP contribution in [0, 0.1) is 0 Å². The molecule has 2 rings (SSSR count). The lowest BCUT2D eigenvalue weighted by molar-refractivity contribution is -0.120. The molecule has 0 aliphatic rings. The van der Waals surface area contributed by atoms with Gasteiger partial charge in [-0.15, -0.1) is 0 Å². The van der Waals surface area contributed by atoms with Crippen LogP contribution in [0.15, 0.2) is 47.4 Å². The van der Waals surface area contributed by atoms with Crippen LogP contribution in [0.5, 0.6) is 5.75 Å². The van der Waals surface area contributed by atoms with Crippen molar-refractivity contribution in [2.75, 3.05) is 20.2 Å². The number of hydrogen-bond acceptors (Lipinski definition) is 4. The number of rotatable bonds is 8. The number of benzene rings is 2. The summed E-state index contributed by atoms with van der Waals surface area (Å²) in [5.41, 5.74) is 0.718. The molecule has 0 atom stereocenters. The number of hydrogen-bond donors (Lipinski definition) is 2. The molecule has 0 heterocycles. The summed E-state index contributed by atoms with van der Waals surface area (Å²) in [4.78, 5) is 12.0. The van der Waals surface area contributed by atoms with Crippen molar-refractivity contribution in [3.8, 4) is 5.75 Å². The van der Waals surface area contributed by atoms with E-state index in [9.17, 15) is 13.2 Å². The predicted molar refractivity (Wildman–Crippen MR) is 101 cm³/mol. The smallest absolute Gasteiger partial charge is 0.240 e. The number of ether oxygens (including phenoxy) is 1. The minimum atomic E-state index is -3.64. The Morgan fingerprint density at radius 2 is 1.73 bits per heavy atom. The van der Waals surface area contributed by atoms with Gasteiger partial charge in [0.05, 0.1) is 28.5 Å². The van der Waals surface area contributed by atoms with Crippen molar-refractivity contribution < 1.29 is 17.9 Å². The molecule has 9 heteroatoms. The molecule has 0 fully saturated rings. The summed E-state index contributed by atoms with van der Waals surface area (Å²) in [5, 5.41) is 3.44. The van der Waals surface area contributed by atoms with Crippen molar-refractivity contribution in [2.24, 2.45) is 0 Å². The molecule has 1 amide bonds. The van der Waals surface area contributed by atoms with Gasteiger partial charge in [-0.25, -0.2) is 13.1 Å². The SMILES string of the molecule is COc1ccc(S(=O)(=O)NCCNC(=O)Cc2ccc(Cl)c(Cl)c2)cc1. The summed E-state index contributed by atoms with van der Waals surface area (Å²) in [7, 11) is -2.14. The topological polar surface area (TPSA) is 84.5 Å². The number of nitrogens with one attached hydrogen (secondary N) is 2. The Morgan fingerprint density at radius 3 is 2.35 bits per heavy atom. The van der Waals surface area contributed by atoms with Crippen molar-refractivity contribution >= 4 is 39.1 Å². The fourth-order valence-corrected chi connectivity index (χ4v) is 3.48. The Balaban J connectivity index is 1.79. The van der Waals surface area contributed by atoms with Gasteiger partial charge < -0.3 is 10.1 Å². The molecule has 0 saturated heterocycles. The molecule has 2 N–H and O–H groups in total. The number of carbonyl (C=O) groups is 1. The molecule has 0 aromatic heterocycles. The molecule has 6 nitrogen and oxygen atoms in total. The molecule has 0 unspecified atom stereocenters. The summed E-state index contributed by atoms with van der Waals surface area (Å²) >= 11 is 11.7. The predicted octanol–water partition coefficient (Wildman–Crippen LogP) is 2.64. The fourth-order valence-electron chi connectivity index (χ4n) is 2.12. The van der Waals surface area contributed by atoms with Crippen LogP contribution in [0.3, 0.4) is 0 Å². The van der Waals surface area contributed by atoms with Crippen molar-refractivity contribution in [2.45, 2.75) is 11.3 Å². The molecule has 0 radical (unpaired) electrons. The lowest BCUT2D eigenvalue weighted by Gasteiger charge is -2.09. The van der Waals surface area contributed by atoms with E-state index in [1.165, 1.54) is 19.2 Å².